The minimum Gasteiger partial charge on any atom is -0.266 e. The van der Waals surface area contributed by atoms with Crippen LogP contribution in [0.3, 0.4) is 0 Å². The van der Waals surface area contributed by atoms with Crippen molar-refractivity contribution in [3.8, 4) is 0 Å². The van der Waals surface area contributed by atoms with Gasteiger partial charge in [-0.05, 0) is 29.3 Å². The molecule has 0 amide bonds. The van der Waals surface area contributed by atoms with Crippen LogP contribution >= 0.6 is 22.9 Å². The van der Waals surface area contributed by atoms with Crippen molar-refractivity contribution < 1.29 is 0 Å². The van der Waals surface area contributed by atoms with Gasteiger partial charge in [0.2, 0.25) is 0 Å². The first-order valence-corrected chi connectivity index (χ1v) is 6.44. The van der Waals surface area contributed by atoms with Crippen LogP contribution in [0.1, 0.15) is 17.2 Å². The van der Waals surface area contributed by atoms with Crippen molar-refractivity contribution in [1.82, 2.24) is 19.6 Å². The molecule has 0 spiro atoms. The lowest BCUT2D eigenvalue weighted by Gasteiger charge is -2.02. The molecule has 0 radical (unpaired) electrons. The molecule has 0 unspecified atom stereocenters. The van der Waals surface area contributed by atoms with E-state index in [4.69, 9.17) is 11.6 Å². The molecule has 0 aliphatic carbocycles. The highest BCUT2D eigenvalue weighted by atomic mass is 35.5. The number of thiophene rings is 1. The van der Waals surface area contributed by atoms with Crippen molar-refractivity contribution in [2.24, 2.45) is 0 Å². The summed E-state index contributed by atoms with van der Waals surface area (Å²) < 4.78 is 1.93. The van der Waals surface area contributed by atoms with Gasteiger partial charge in [0.05, 0.1) is 0 Å². The normalized spacial score (nSPS) is 11.2. The first kappa shape index (κ1) is 10.7. The molecule has 0 atom stereocenters. The molecule has 3 heterocycles. The Balaban J connectivity index is 2.12. The second-order valence-electron chi connectivity index (χ2n) is 3.74. The maximum atomic E-state index is 5.89. The van der Waals surface area contributed by atoms with Gasteiger partial charge in [-0.3, -0.25) is 4.40 Å². The third-order valence-corrected chi connectivity index (χ3v) is 3.46. The summed E-state index contributed by atoms with van der Waals surface area (Å²) in [6.07, 6.45) is 0.759. The zero-order valence-corrected chi connectivity index (χ0v) is 10.7. The second-order valence-corrected chi connectivity index (χ2v) is 4.91. The lowest BCUT2D eigenvalue weighted by Crippen LogP contribution is -2.01. The standard InChI is InChI=1S/C11H9ClN4S/c1-7-13-9(12)5-11-15-14-10(16(7)11)4-8-2-3-17-6-8/h2-3,5-6H,4H2,1H3. The van der Waals surface area contributed by atoms with Crippen molar-refractivity contribution in [3.05, 3.63) is 45.3 Å². The molecule has 3 aromatic rings. The van der Waals surface area contributed by atoms with Crippen molar-refractivity contribution in [2.75, 3.05) is 0 Å². The Bertz CT molecular complexity index is 659. The van der Waals surface area contributed by atoms with E-state index < -0.39 is 0 Å². The topological polar surface area (TPSA) is 43.1 Å². The second kappa shape index (κ2) is 4.09. The van der Waals surface area contributed by atoms with E-state index in [0.29, 0.717) is 5.15 Å². The van der Waals surface area contributed by atoms with Gasteiger partial charge in [0.1, 0.15) is 16.8 Å². The van der Waals surface area contributed by atoms with Crippen LogP contribution in [0.15, 0.2) is 22.9 Å². The quantitative estimate of drug-likeness (QED) is 0.669. The van der Waals surface area contributed by atoms with Crippen LogP contribution in [-0.2, 0) is 6.42 Å². The highest BCUT2D eigenvalue weighted by molar-refractivity contribution is 7.07. The molecule has 0 aliphatic heterocycles. The Hall–Kier alpha value is -1.46. The molecule has 0 aliphatic rings. The Morgan fingerprint density at radius 1 is 1.41 bits per heavy atom. The minimum absolute atomic E-state index is 0.449. The summed E-state index contributed by atoms with van der Waals surface area (Å²) in [7, 11) is 0. The van der Waals surface area contributed by atoms with Crippen LogP contribution in [0.4, 0.5) is 0 Å². The van der Waals surface area contributed by atoms with Crippen molar-refractivity contribution in [3.63, 3.8) is 0 Å². The van der Waals surface area contributed by atoms with Crippen LogP contribution in [0.25, 0.3) is 5.65 Å². The average molecular weight is 265 g/mol. The molecule has 3 aromatic heterocycles. The van der Waals surface area contributed by atoms with Crippen LogP contribution in [-0.4, -0.2) is 19.6 Å². The van der Waals surface area contributed by atoms with Gasteiger partial charge in [0.15, 0.2) is 5.65 Å². The molecule has 6 heteroatoms. The maximum Gasteiger partial charge on any atom is 0.165 e. The Morgan fingerprint density at radius 3 is 3.06 bits per heavy atom. The molecule has 0 saturated carbocycles. The largest absolute Gasteiger partial charge is 0.266 e. The third kappa shape index (κ3) is 1.92. The van der Waals surface area contributed by atoms with Gasteiger partial charge in [0, 0.05) is 12.5 Å². The van der Waals surface area contributed by atoms with E-state index in [2.05, 4.69) is 32.0 Å². The monoisotopic (exact) mass is 264 g/mol. The molecular formula is C11H9ClN4S. The fourth-order valence-electron chi connectivity index (χ4n) is 1.81. The first-order valence-electron chi connectivity index (χ1n) is 5.12. The Morgan fingerprint density at radius 2 is 2.29 bits per heavy atom. The fourth-order valence-corrected chi connectivity index (χ4v) is 2.70. The van der Waals surface area contributed by atoms with Gasteiger partial charge in [-0.15, -0.1) is 10.2 Å². The zero-order chi connectivity index (χ0) is 11.8. The Kier molecular flexibility index (Phi) is 2.57. The van der Waals surface area contributed by atoms with Crippen LogP contribution in [0, 0.1) is 6.92 Å². The van der Waals surface area contributed by atoms with Crippen LogP contribution in [0.2, 0.25) is 5.15 Å². The summed E-state index contributed by atoms with van der Waals surface area (Å²) in [5.41, 5.74) is 1.98. The van der Waals surface area contributed by atoms with E-state index in [-0.39, 0.29) is 0 Å². The smallest absolute Gasteiger partial charge is 0.165 e. The molecule has 4 nitrogen and oxygen atoms in total. The molecular weight excluding hydrogens is 256 g/mol. The SMILES string of the molecule is Cc1nc(Cl)cc2nnc(Cc3ccsc3)n12. The first-order chi connectivity index (χ1) is 8.24. The summed E-state index contributed by atoms with van der Waals surface area (Å²) in [6, 6.07) is 3.81. The maximum absolute atomic E-state index is 5.89. The van der Waals surface area contributed by atoms with Gasteiger partial charge < -0.3 is 0 Å². The fraction of sp³-hybridized carbons (Fsp3) is 0.182. The number of hydrogen-bond acceptors (Lipinski definition) is 4. The van der Waals surface area contributed by atoms with Gasteiger partial charge in [-0.25, -0.2) is 4.98 Å². The van der Waals surface area contributed by atoms with E-state index in [1.807, 2.05) is 11.3 Å². The van der Waals surface area contributed by atoms with Crippen molar-refractivity contribution in [1.29, 1.82) is 0 Å². The molecule has 0 N–H and O–H groups in total. The van der Waals surface area contributed by atoms with Crippen LogP contribution < -0.4 is 0 Å². The highest BCUT2D eigenvalue weighted by Gasteiger charge is 2.10. The Labute approximate surface area is 107 Å². The zero-order valence-electron chi connectivity index (χ0n) is 9.09. The van der Waals surface area contributed by atoms with E-state index in [0.717, 1.165) is 23.7 Å². The van der Waals surface area contributed by atoms with Gasteiger partial charge in [-0.2, -0.15) is 11.3 Å². The number of nitrogens with zero attached hydrogens (tertiary/aromatic N) is 4. The molecule has 0 aromatic carbocycles. The minimum atomic E-state index is 0.449. The van der Waals surface area contributed by atoms with Crippen molar-refractivity contribution in [2.45, 2.75) is 13.3 Å². The molecule has 0 bridgehead atoms. The lowest BCUT2D eigenvalue weighted by molar-refractivity contribution is 0.886. The van der Waals surface area contributed by atoms with E-state index in [1.54, 1.807) is 17.4 Å². The summed E-state index contributed by atoms with van der Waals surface area (Å²) in [4.78, 5) is 4.21. The lowest BCUT2D eigenvalue weighted by atomic mass is 10.2. The van der Waals surface area contributed by atoms with Gasteiger partial charge >= 0.3 is 0 Å². The van der Waals surface area contributed by atoms with E-state index in [9.17, 15) is 0 Å². The predicted octanol–water partition coefficient (Wildman–Crippen LogP) is 2.74. The number of aryl methyl sites for hydroxylation is 1. The van der Waals surface area contributed by atoms with Gasteiger partial charge in [-0.1, -0.05) is 11.6 Å². The molecule has 86 valence electrons. The number of hydrogen-bond donors (Lipinski definition) is 0. The number of fused-ring (bicyclic) bond motifs is 1. The van der Waals surface area contributed by atoms with Crippen molar-refractivity contribution >= 4 is 28.6 Å². The van der Waals surface area contributed by atoms with Gasteiger partial charge in [0.25, 0.3) is 0 Å². The van der Waals surface area contributed by atoms with Crippen LogP contribution in [0.5, 0.6) is 0 Å². The third-order valence-electron chi connectivity index (χ3n) is 2.54. The average Bonchev–Trinajstić information content (AvgIpc) is 2.88. The number of halogens is 1. The summed E-state index contributed by atoms with van der Waals surface area (Å²) in [5.74, 6) is 1.70. The predicted molar refractivity (Wildman–Crippen MR) is 67.7 cm³/mol. The molecule has 3 rings (SSSR count). The van der Waals surface area contributed by atoms with E-state index in [1.165, 1.54) is 5.56 Å². The number of aromatic nitrogens is 4. The summed E-state index contributed by atoms with van der Waals surface area (Å²) in [5, 5.41) is 12.9. The molecule has 17 heavy (non-hydrogen) atoms. The molecule has 0 fully saturated rings. The number of rotatable bonds is 2. The summed E-state index contributed by atoms with van der Waals surface area (Å²) >= 11 is 7.56. The summed E-state index contributed by atoms with van der Waals surface area (Å²) in [6.45, 7) is 1.90. The highest BCUT2D eigenvalue weighted by Crippen LogP contribution is 2.16. The molecule has 0 saturated heterocycles. The van der Waals surface area contributed by atoms with E-state index >= 15 is 0 Å².